The molecule has 1 aromatic carbocycles. The Morgan fingerprint density at radius 2 is 2.24 bits per heavy atom. The molecule has 0 saturated carbocycles. The third-order valence-corrected chi connectivity index (χ3v) is 3.19. The van der Waals surface area contributed by atoms with Gasteiger partial charge in [0, 0.05) is 15.8 Å². The molecule has 1 amide bonds. The van der Waals surface area contributed by atoms with Gasteiger partial charge in [-0.2, -0.15) is 0 Å². The maximum absolute atomic E-state index is 13.4. The Balaban J connectivity index is 2.47. The van der Waals surface area contributed by atoms with E-state index in [2.05, 4.69) is 44.1 Å². The molecule has 2 nitrogen and oxygen atoms in total. The number of benzene rings is 1. The molecule has 0 heterocycles. The first kappa shape index (κ1) is 14.6. The number of hydrogen-bond acceptors (Lipinski definition) is 1. The van der Waals surface area contributed by atoms with Crippen molar-refractivity contribution >= 4 is 37.8 Å². The molecule has 0 aliphatic carbocycles. The van der Waals surface area contributed by atoms with E-state index in [1.807, 2.05) is 0 Å². The summed E-state index contributed by atoms with van der Waals surface area (Å²) in [6.45, 7) is 2.61. The van der Waals surface area contributed by atoms with Gasteiger partial charge in [-0.15, -0.1) is 0 Å². The van der Waals surface area contributed by atoms with E-state index >= 15 is 0 Å². The molecule has 5 heteroatoms. The third kappa shape index (κ3) is 5.17. The van der Waals surface area contributed by atoms with E-state index in [4.69, 9.17) is 0 Å². The van der Waals surface area contributed by atoms with Crippen LogP contribution in [0.15, 0.2) is 22.7 Å². The summed E-state index contributed by atoms with van der Waals surface area (Å²) in [6.07, 6.45) is 1.85. The van der Waals surface area contributed by atoms with Gasteiger partial charge >= 0.3 is 0 Å². The first-order valence-corrected chi connectivity index (χ1v) is 7.09. The highest BCUT2D eigenvalue weighted by Crippen LogP contribution is 2.15. The van der Waals surface area contributed by atoms with Gasteiger partial charge in [-0.25, -0.2) is 4.39 Å². The standard InChI is InChI=1S/C12H14Br2FNO/c1-8(13)3-2-6-16-12(17)10-5-4-9(14)7-11(10)15/h4-5,7-8H,2-3,6H2,1H3,(H,16,17). The Bertz CT molecular complexity index is 396. The van der Waals surface area contributed by atoms with Crippen molar-refractivity contribution in [2.45, 2.75) is 24.6 Å². The van der Waals surface area contributed by atoms with Gasteiger partial charge in [0.1, 0.15) is 5.82 Å². The van der Waals surface area contributed by atoms with E-state index in [-0.39, 0.29) is 11.5 Å². The number of halogens is 3. The van der Waals surface area contributed by atoms with Crippen LogP contribution in [0.5, 0.6) is 0 Å². The predicted molar refractivity (Wildman–Crippen MR) is 74.1 cm³/mol. The van der Waals surface area contributed by atoms with Crippen molar-refractivity contribution in [3.63, 3.8) is 0 Å². The quantitative estimate of drug-likeness (QED) is 0.621. The fourth-order valence-electron chi connectivity index (χ4n) is 1.35. The summed E-state index contributed by atoms with van der Waals surface area (Å²) in [5.41, 5.74) is 0.0834. The molecule has 1 N–H and O–H groups in total. The molecular weight excluding hydrogens is 353 g/mol. The first-order valence-electron chi connectivity index (χ1n) is 5.38. The van der Waals surface area contributed by atoms with E-state index in [9.17, 15) is 9.18 Å². The number of rotatable bonds is 5. The Morgan fingerprint density at radius 3 is 2.82 bits per heavy atom. The number of carbonyl (C=O) groups excluding carboxylic acids is 1. The van der Waals surface area contributed by atoms with Crippen molar-refractivity contribution < 1.29 is 9.18 Å². The van der Waals surface area contributed by atoms with Crippen molar-refractivity contribution in [2.75, 3.05) is 6.54 Å². The van der Waals surface area contributed by atoms with Crippen LogP contribution in [0.2, 0.25) is 0 Å². The van der Waals surface area contributed by atoms with Crippen LogP contribution in [0, 0.1) is 5.82 Å². The van der Waals surface area contributed by atoms with Crippen LogP contribution in [0.1, 0.15) is 30.1 Å². The maximum Gasteiger partial charge on any atom is 0.254 e. The lowest BCUT2D eigenvalue weighted by molar-refractivity contribution is 0.0949. The maximum atomic E-state index is 13.4. The summed E-state index contributed by atoms with van der Waals surface area (Å²) in [6, 6.07) is 4.41. The molecule has 0 aromatic heterocycles. The molecule has 17 heavy (non-hydrogen) atoms. The van der Waals surface area contributed by atoms with Crippen LogP contribution < -0.4 is 5.32 Å². The lowest BCUT2D eigenvalue weighted by atomic mass is 10.2. The Labute approximate surface area is 117 Å². The summed E-state index contributed by atoms with van der Waals surface area (Å²) < 4.78 is 14.1. The van der Waals surface area contributed by atoms with Gasteiger partial charge in [0.15, 0.2) is 0 Å². The molecular formula is C12H14Br2FNO. The molecule has 94 valence electrons. The Kier molecular flexibility index (Phi) is 6.12. The van der Waals surface area contributed by atoms with Gasteiger partial charge in [-0.3, -0.25) is 4.79 Å². The minimum absolute atomic E-state index is 0.0834. The molecule has 0 saturated heterocycles. The fraction of sp³-hybridized carbons (Fsp3) is 0.417. The van der Waals surface area contributed by atoms with Crippen molar-refractivity contribution in [2.24, 2.45) is 0 Å². The van der Waals surface area contributed by atoms with E-state index in [1.165, 1.54) is 12.1 Å². The van der Waals surface area contributed by atoms with Gasteiger partial charge in [0.25, 0.3) is 5.91 Å². The van der Waals surface area contributed by atoms with E-state index in [1.54, 1.807) is 6.07 Å². The predicted octanol–water partition coefficient (Wildman–Crippen LogP) is 3.88. The summed E-state index contributed by atoms with van der Waals surface area (Å²) >= 11 is 6.58. The van der Waals surface area contributed by atoms with Crippen molar-refractivity contribution in [3.8, 4) is 0 Å². The second kappa shape index (κ2) is 7.11. The zero-order valence-electron chi connectivity index (χ0n) is 9.47. The average Bonchev–Trinajstić information content (AvgIpc) is 2.23. The molecule has 0 radical (unpaired) electrons. The first-order chi connectivity index (χ1) is 8.00. The van der Waals surface area contributed by atoms with Gasteiger partial charge in [0.2, 0.25) is 0 Å². The molecule has 0 aliphatic rings. The van der Waals surface area contributed by atoms with Crippen LogP contribution >= 0.6 is 31.9 Å². The van der Waals surface area contributed by atoms with Crippen molar-refractivity contribution in [1.29, 1.82) is 0 Å². The fourth-order valence-corrected chi connectivity index (χ4v) is 2.01. The average molecular weight is 367 g/mol. The number of carbonyl (C=O) groups is 1. The van der Waals surface area contributed by atoms with Gasteiger partial charge in [-0.05, 0) is 31.0 Å². The Morgan fingerprint density at radius 1 is 1.53 bits per heavy atom. The second-order valence-electron chi connectivity index (χ2n) is 3.80. The number of alkyl halides is 1. The second-order valence-corrected chi connectivity index (χ2v) is 6.28. The van der Waals surface area contributed by atoms with Crippen LogP contribution in [0.4, 0.5) is 4.39 Å². The lowest BCUT2D eigenvalue weighted by Gasteiger charge is -2.07. The minimum atomic E-state index is -0.509. The zero-order valence-corrected chi connectivity index (χ0v) is 12.6. The molecule has 0 bridgehead atoms. The van der Waals surface area contributed by atoms with Gasteiger partial charge in [0.05, 0.1) is 5.56 Å². The van der Waals surface area contributed by atoms with E-state index in [0.29, 0.717) is 15.8 Å². The highest BCUT2D eigenvalue weighted by molar-refractivity contribution is 9.10. The topological polar surface area (TPSA) is 29.1 Å². The minimum Gasteiger partial charge on any atom is -0.352 e. The van der Waals surface area contributed by atoms with Crippen molar-refractivity contribution in [1.82, 2.24) is 5.32 Å². The van der Waals surface area contributed by atoms with Crippen LogP contribution in [-0.4, -0.2) is 17.3 Å². The molecule has 1 aromatic rings. The highest BCUT2D eigenvalue weighted by atomic mass is 79.9. The van der Waals surface area contributed by atoms with Crippen LogP contribution in [-0.2, 0) is 0 Å². The number of amides is 1. The smallest absolute Gasteiger partial charge is 0.254 e. The van der Waals surface area contributed by atoms with Crippen LogP contribution in [0.3, 0.4) is 0 Å². The number of nitrogens with one attached hydrogen (secondary N) is 1. The number of hydrogen-bond donors (Lipinski definition) is 1. The monoisotopic (exact) mass is 365 g/mol. The third-order valence-electron chi connectivity index (χ3n) is 2.24. The highest BCUT2D eigenvalue weighted by Gasteiger charge is 2.11. The van der Waals surface area contributed by atoms with Crippen LogP contribution in [0.25, 0.3) is 0 Å². The lowest BCUT2D eigenvalue weighted by Crippen LogP contribution is -2.25. The summed E-state index contributed by atoms with van der Waals surface area (Å²) in [7, 11) is 0. The van der Waals surface area contributed by atoms with Gasteiger partial charge < -0.3 is 5.32 Å². The summed E-state index contributed by atoms with van der Waals surface area (Å²) in [5.74, 6) is -0.872. The Hall–Kier alpha value is -0.420. The molecule has 1 rings (SSSR count). The molecule has 0 fully saturated rings. The molecule has 1 atom stereocenters. The largest absolute Gasteiger partial charge is 0.352 e. The molecule has 0 spiro atoms. The molecule has 1 unspecified atom stereocenters. The van der Waals surface area contributed by atoms with E-state index in [0.717, 1.165) is 12.8 Å². The zero-order chi connectivity index (χ0) is 12.8. The van der Waals surface area contributed by atoms with E-state index < -0.39 is 5.82 Å². The normalized spacial score (nSPS) is 12.2. The summed E-state index contributed by atoms with van der Waals surface area (Å²) in [4.78, 5) is 12.1. The van der Waals surface area contributed by atoms with Gasteiger partial charge in [-0.1, -0.05) is 38.8 Å². The van der Waals surface area contributed by atoms with Crippen molar-refractivity contribution in [3.05, 3.63) is 34.1 Å². The summed E-state index contributed by atoms with van der Waals surface area (Å²) in [5, 5.41) is 2.70. The molecule has 0 aliphatic heterocycles. The SMILES string of the molecule is CC(Br)CCCNC(=O)c1ccc(Br)cc1F.